The summed E-state index contributed by atoms with van der Waals surface area (Å²) >= 11 is 12.0. The van der Waals surface area contributed by atoms with Crippen molar-refractivity contribution in [3.05, 3.63) is 74.1 Å². The van der Waals surface area contributed by atoms with Crippen molar-refractivity contribution in [2.24, 2.45) is 0 Å². The first-order valence-corrected chi connectivity index (χ1v) is 8.42. The minimum atomic E-state index is -0.391. The number of nitrogens with one attached hydrogen (secondary N) is 1. The SMILES string of the molecule is C#CCn1nc(CNC(=O)c2cc(Cl)ccc2Cl)c2ccccc2c1=O. The summed E-state index contributed by atoms with van der Waals surface area (Å²) in [5.74, 6) is 2.01. The molecule has 0 aliphatic carbocycles. The summed E-state index contributed by atoms with van der Waals surface area (Å²) in [7, 11) is 0. The van der Waals surface area contributed by atoms with E-state index in [9.17, 15) is 9.59 Å². The molecule has 0 atom stereocenters. The Morgan fingerprint density at radius 1 is 1.19 bits per heavy atom. The molecule has 0 bridgehead atoms. The van der Waals surface area contributed by atoms with Gasteiger partial charge in [-0.3, -0.25) is 9.59 Å². The molecule has 0 saturated carbocycles. The number of nitrogens with zero attached hydrogens (tertiary/aromatic N) is 2. The topological polar surface area (TPSA) is 64.0 Å². The van der Waals surface area contributed by atoms with Crippen molar-refractivity contribution in [3.8, 4) is 12.3 Å². The number of hydrogen-bond donors (Lipinski definition) is 1. The Morgan fingerprint density at radius 3 is 2.65 bits per heavy atom. The molecule has 26 heavy (non-hydrogen) atoms. The highest BCUT2D eigenvalue weighted by atomic mass is 35.5. The molecule has 0 fully saturated rings. The number of fused-ring (bicyclic) bond motifs is 1. The van der Waals surface area contributed by atoms with Crippen LogP contribution in [0.2, 0.25) is 10.0 Å². The Kier molecular flexibility index (Phi) is 5.27. The number of aromatic nitrogens is 2. The van der Waals surface area contributed by atoms with E-state index in [0.717, 1.165) is 0 Å². The molecule has 1 aromatic heterocycles. The van der Waals surface area contributed by atoms with Gasteiger partial charge < -0.3 is 5.32 Å². The van der Waals surface area contributed by atoms with Gasteiger partial charge in [-0.2, -0.15) is 5.10 Å². The second-order valence-electron chi connectivity index (χ2n) is 5.47. The van der Waals surface area contributed by atoms with E-state index in [4.69, 9.17) is 29.6 Å². The summed E-state index contributed by atoms with van der Waals surface area (Å²) in [6, 6.07) is 11.7. The molecular weight excluding hydrogens is 373 g/mol. The van der Waals surface area contributed by atoms with Crippen molar-refractivity contribution < 1.29 is 4.79 Å². The Labute approximate surface area is 159 Å². The standard InChI is InChI=1S/C19H13Cl2N3O2/c1-2-9-24-19(26)14-6-4-3-5-13(14)17(23-24)11-22-18(25)15-10-12(20)7-8-16(15)21/h1,3-8,10H,9,11H2,(H,22,25). The average molecular weight is 386 g/mol. The fourth-order valence-electron chi connectivity index (χ4n) is 2.56. The van der Waals surface area contributed by atoms with Gasteiger partial charge in [-0.15, -0.1) is 6.42 Å². The summed E-state index contributed by atoms with van der Waals surface area (Å²) in [4.78, 5) is 24.8. The van der Waals surface area contributed by atoms with Crippen LogP contribution in [0.25, 0.3) is 10.8 Å². The molecule has 0 spiro atoms. The maximum Gasteiger partial charge on any atom is 0.275 e. The highest BCUT2D eigenvalue weighted by Crippen LogP contribution is 2.21. The van der Waals surface area contributed by atoms with Gasteiger partial charge in [-0.1, -0.05) is 47.3 Å². The predicted molar refractivity (Wildman–Crippen MR) is 102 cm³/mol. The van der Waals surface area contributed by atoms with Crippen molar-refractivity contribution in [2.75, 3.05) is 0 Å². The van der Waals surface area contributed by atoms with Gasteiger partial charge in [0.1, 0.15) is 6.54 Å². The second kappa shape index (κ2) is 7.61. The molecule has 130 valence electrons. The van der Waals surface area contributed by atoms with Gasteiger partial charge in [0.15, 0.2) is 0 Å². The Balaban J connectivity index is 1.95. The Morgan fingerprint density at radius 2 is 1.92 bits per heavy atom. The Hall–Kier alpha value is -2.81. The molecule has 3 rings (SSSR count). The van der Waals surface area contributed by atoms with Crippen molar-refractivity contribution >= 4 is 39.9 Å². The minimum Gasteiger partial charge on any atom is -0.346 e. The molecule has 5 nitrogen and oxygen atoms in total. The van der Waals surface area contributed by atoms with E-state index in [1.165, 1.54) is 10.7 Å². The maximum atomic E-state index is 12.4. The lowest BCUT2D eigenvalue weighted by Crippen LogP contribution is -2.28. The summed E-state index contributed by atoms with van der Waals surface area (Å²) in [6.07, 6.45) is 5.31. The third kappa shape index (κ3) is 3.57. The van der Waals surface area contributed by atoms with Crippen LogP contribution in [0.5, 0.6) is 0 Å². The Bertz CT molecular complexity index is 1100. The number of rotatable bonds is 4. The normalized spacial score (nSPS) is 10.5. The van der Waals surface area contributed by atoms with Crippen LogP contribution in [-0.2, 0) is 13.1 Å². The van der Waals surface area contributed by atoms with E-state index >= 15 is 0 Å². The summed E-state index contributed by atoms with van der Waals surface area (Å²) < 4.78 is 1.20. The summed E-state index contributed by atoms with van der Waals surface area (Å²) in [5, 5.41) is 8.88. The average Bonchev–Trinajstić information content (AvgIpc) is 2.65. The molecule has 1 heterocycles. The van der Waals surface area contributed by atoms with E-state index in [-0.39, 0.29) is 24.2 Å². The minimum absolute atomic E-state index is 0.0464. The molecule has 0 saturated heterocycles. The van der Waals surface area contributed by atoms with E-state index in [1.54, 1.807) is 36.4 Å². The monoisotopic (exact) mass is 385 g/mol. The first kappa shape index (κ1) is 18.0. The number of hydrogen-bond acceptors (Lipinski definition) is 3. The molecule has 0 unspecified atom stereocenters. The largest absolute Gasteiger partial charge is 0.346 e. The zero-order chi connectivity index (χ0) is 18.7. The van der Waals surface area contributed by atoms with Crippen LogP contribution in [0.1, 0.15) is 16.1 Å². The van der Waals surface area contributed by atoms with Crippen LogP contribution in [0, 0.1) is 12.3 Å². The van der Waals surface area contributed by atoms with Crippen LogP contribution in [0.3, 0.4) is 0 Å². The fraction of sp³-hybridized carbons (Fsp3) is 0.105. The van der Waals surface area contributed by atoms with E-state index in [2.05, 4.69) is 16.3 Å². The van der Waals surface area contributed by atoms with E-state index in [0.29, 0.717) is 26.5 Å². The zero-order valence-corrected chi connectivity index (χ0v) is 15.0. The number of benzene rings is 2. The number of amides is 1. The van der Waals surface area contributed by atoms with Gasteiger partial charge in [-0.05, 0) is 24.3 Å². The van der Waals surface area contributed by atoms with Crippen molar-refractivity contribution in [2.45, 2.75) is 13.1 Å². The molecule has 7 heteroatoms. The molecule has 0 radical (unpaired) electrons. The van der Waals surface area contributed by atoms with Crippen molar-refractivity contribution in [1.82, 2.24) is 15.1 Å². The third-order valence-corrected chi connectivity index (χ3v) is 4.34. The van der Waals surface area contributed by atoms with Crippen LogP contribution >= 0.6 is 23.2 Å². The number of halogens is 2. The van der Waals surface area contributed by atoms with Crippen LogP contribution in [0.4, 0.5) is 0 Å². The summed E-state index contributed by atoms with van der Waals surface area (Å²) in [6.45, 7) is 0.151. The molecule has 0 aliphatic rings. The molecule has 0 aliphatic heterocycles. The third-order valence-electron chi connectivity index (χ3n) is 3.77. The van der Waals surface area contributed by atoms with Gasteiger partial charge in [0.25, 0.3) is 11.5 Å². The smallest absolute Gasteiger partial charge is 0.275 e. The molecule has 1 amide bonds. The lowest BCUT2D eigenvalue weighted by atomic mass is 10.1. The van der Waals surface area contributed by atoms with Crippen LogP contribution < -0.4 is 10.9 Å². The van der Waals surface area contributed by atoms with Gasteiger partial charge in [0, 0.05) is 10.4 Å². The van der Waals surface area contributed by atoms with Gasteiger partial charge >= 0.3 is 0 Å². The lowest BCUT2D eigenvalue weighted by Gasteiger charge is -2.11. The van der Waals surface area contributed by atoms with Crippen LogP contribution in [0.15, 0.2) is 47.3 Å². The first-order valence-electron chi connectivity index (χ1n) is 7.66. The van der Waals surface area contributed by atoms with Crippen LogP contribution in [-0.4, -0.2) is 15.7 Å². The fourth-order valence-corrected chi connectivity index (χ4v) is 2.94. The lowest BCUT2D eigenvalue weighted by molar-refractivity contribution is 0.0950. The second-order valence-corrected chi connectivity index (χ2v) is 6.31. The van der Waals surface area contributed by atoms with Gasteiger partial charge in [0.05, 0.1) is 28.2 Å². The number of carbonyl (C=O) groups excluding carboxylic acids is 1. The summed E-state index contributed by atoms with van der Waals surface area (Å²) in [5.41, 5.74) is 0.522. The van der Waals surface area contributed by atoms with E-state index in [1.807, 2.05) is 0 Å². The molecule has 1 N–H and O–H groups in total. The molecule has 3 aromatic rings. The number of carbonyl (C=O) groups is 1. The first-order chi connectivity index (χ1) is 12.5. The molecule has 2 aromatic carbocycles. The van der Waals surface area contributed by atoms with E-state index < -0.39 is 5.91 Å². The highest BCUT2D eigenvalue weighted by molar-refractivity contribution is 6.35. The van der Waals surface area contributed by atoms with Gasteiger partial charge in [0.2, 0.25) is 0 Å². The number of terminal acetylenes is 1. The maximum absolute atomic E-state index is 12.4. The zero-order valence-electron chi connectivity index (χ0n) is 13.5. The predicted octanol–water partition coefficient (Wildman–Crippen LogP) is 3.27. The van der Waals surface area contributed by atoms with Crippen molar-refractivity contribution in [3.63, 3.8) is 0 Å². The van der Waals surface area contributed by atoms with Gasteiger partial charge in [-0.25, -0.2) is 4.68 Å². The van der Waals surface area contributed by atoms with Crippen molar-refractivity contribution in [1.29, 1.82) is 0 Å². The highest BCUT2D eigenvalue weighted by Gasteiger charge is 2.14. The molecular formula is C19H13Cl2N3O2. The quantitative estimate of drug-likeness (QED) is 0.700.